The Labute approximate surface area is 191 Å². The molecule has 1 aliphatic heterocycles. The number of hydrogen-bond donors (Lipinski definition) is 1. The van der Waals surface area contributed by atoms with E-state index >= 15 is 0 Å². The average molecular weight is 447 g/mol. The van der Waals surface area contributed by atoms with Crippen molar-refractivity contribution in [3.63, 3.8) is 0 Å². The molecule has 1 fully saturated rings. The van der Waals surface area contributed by atoms with Crippen molar-refractivity contribution in [1.29, 1.82) is 5.26 Å². The highest BCUT2D eigenvalue weighted by molar-refractivity contribution is 7.10. The van der Waals surface area contributed by atoms with E-state index in [0.29, 0.717) is 17.6 Å². The number of piperidine rings is 1. The van der Waals surface area contributed by atoms with Gasteiger partial charge in [-0.2, -0.15) is 15.3 Å². The van der Waals surface area contributed by atoms with Gasteiger partial charge in [0.15, 0.2) is 0 Å². The van der Waals surface area contributed by atoms with Gasteiger partial charge in [0.25, 0.3) is 0 Å². The Hall–Kier alpha value is -3.22. The maximum Gasteiger partial charge on any atom is 0.229 e. The van der Waals surface area contributed by atoms with Crippen molar-refractivity contribution >= 4 is 34.0 Å². The molecule has 0 unspecified atom stereocenters. The van der Waals surface area contributed by atoms with Crippen LogP contribution in [0.4, 0.5) is 11.6 Å². The first kappa shape index (κ1) is 20.7. The van der Waals surface area contributed by atoms with Crippen LogP contribution >= 0.6 is 11.3 Å². The van der Waals surface area contributed by atoms with Crippen molar-refractivity contribution in [2.45, 2.75) is 31.7 Å². The SMILES string of the molecule is C[C@@H](c1cccs1)c1c(C#N)c2cnc(Nc3cnn(C4CCN(C)CC4)c3)nc2n1C. The zero-order valence-electron chi connectivity index (χ0n) is 18.5. The monoisotopic (exact) mass is 446 g/mol. The fraction of sp³-hybridized carbons (Fsp3) is 0.391. The normalized spacial score (nSPS) is 16.3. The number of aromatic nitrogens is 5. The van der Waals surface area contributed by atoms with Crippen LogP contribution in [0.3, 0.4) is 0 Å². The van der Waals surface area contributed by atoms with Gasteiger partial charge in [0.2, 0.25) is 5.95 Å². The smallest absolute Gasteiger partial charge is 0.229 e. The predicted molar refractivity (Wildman–Crippen MR) is 126 cm³/mol. The maximum atomic E-state index is 9.88. The summed E-state index contributed by atoms with van der Waals surface area (Å²) < 4.78 is 4.07. The third kappa shape index (κ3) is 3.66. The molecule has 4 aromatic heterocycles. The van der Waals surface area contributed by atoms with Crippen LogP contribution < -0.4 is 5.32 Å². The number of aryl methyl sites for hydroxylation is 1. The number of nitrogens with zero attached hydrogens (tertiary/aromatic N) is 7. The quantitative estimate of drug-likeness (QED) is 0.493. The predicted octanol–water partition coefficient (Wildman–Crippen LogP) is 4.26. The maximum absolute atomic E-state index is 9.88. The molecule has 0 aromatic carbocycles. The summed E-state index contributed by atoms with van der Waals surface area (Å²) >= 11 is 1.70. The molecule has 1 atom stereocenters. The lowest BCUT2D eigenvalue weighted by Crippen LogP contribution is -2.31. The molecule has 0 spiro atoms. The fourth-order valence-electron chi connectivity index (χ4n) is 4.57. The minimum atomic E-state index is 0.105. The van der Waals surface area contributed by atoms with E-state index < -0.39 is 0 Å². The standard InChI is InChI=1S/C23H26N8S/c1-15(20-5-4-10-32-20)21-18(11-24)19-13-25-23(28-22(19)30(21)3)27-16-12-26-31(14-16)17-6-8-29(2)9-7-17/h4-5,10,12-15,17H,6-9H2,1-3H3,(H,25,27,28)/t15-/m0/s1. The molecule has 1 aliphatic rings. The lowest BCUT2D eigenvalue weighted by atomic mass is 10.0. The molecule has 0 amide bonds. The van der Waals surface area contributed by atoms with Crippen molar-refractivity contribution in [1.82, 2.24) is 29.2 Å². The number of rotatable bonds is 5. The van der Waals surface area contributed by atoms with Gasteiger partial charge >= 0.3 is 0 Å². The highest BCUT2D eigenvalue weighted by Gasteiger charge is 2.24. The zero-order valence-corrected chi connectivity index (χ0v) is 19.3. The van der Waals surface area contributed by atoms with Gasteiger partial charge in [0, 0.05) is 35.9 Å². The first-order chi connectivity index (χ1) is 15.5. The average Bonchev–Trinajstić information content (AvgIpc) is 3.54. The molecule has 9 heteroatoms. The van der Waals surface area contributed by atoms with Crippen LogP contribution in [0.1, 0.15) is 47.9 Å². The van der Waals surface area contributed by atoms with Gasteiger partial charge in [-0.25, -0.2) is 4.98 Å². The first-order valence-electron chi connectivity index (χ1n) is 10.8. The largest absolute Gasteiger partial charge is 0.331 e. The molecule has 0 radical (unpaired) electrons. The lowest BCUT2D eigenvalue weighted by molar-refractivity contribution is 0.212. The van der Waals surface area contributed by atoms with Gasteiger partial charge in [-0.05, 0) is 44.4 Å². The van der Waals surface area contributed by atoms with E-state index in [1.165, 1.54) is 4.88 Å². The summed E-state index contributed by atoms with van der Waals surface area (Å²) in [4.78, 5) is 12.8. The zero-order chi connectivity index (χ0) is 22.2. The topological polar surface area (TPSA) is 87.6 Å². The molecule has 1 saturated heterocycles. The van der Waals surface area contributed by atoms with Crippen LogP contribution in [-0.4, -0.2) is 49.4 Å². The molecule has 0 aliphatic carbocycles. The number of likely N-dealkylation sites (tertiary alicyclic amines) is 1. The summed E-state index contributed by atoms with van der Waals surface area (Å²) in [6.07, 6.45) is 7.80. The second kappa shape index (κ2) is 8.37. The Balaban J connectivity index is 1.43. The minimum absolute atomic E-state index is 0.105. The van der Waals surface area contributed by atoms with E-state index in [1.54, 1.807) is 17.5 Å². The molecule has 4 aromatic rings. The molecule has 0 saturated carbocycles. The second-order valence-electron chi connectivity index (χ2n) is 8.47. The fourth-order valence-corrected chi connectivity index (χ4v) is 5.36. The number of nitrogens with one attached hydrogen (secondary N) is 1. The molecule has 0 bridgehead atoms. The van der Waals surface area contributed by atoms with Crippen molar-refractivity contribution in [3.8, 4) is 6.07 Å². The summed E-state index contributed by atoms with van der Waals surface area (Å²) in [5.41, 5.74) is 3.22. The van der Waals surface area contributed by atoms with Crippen LogP contribution in [0, 0.1) is 11.3 Å². The molecule has 32 heavy (non-hydrogen) atoms. The van der Waals surface area contributed by atoms with E-state index in [0.717, 1.165) is 48.3 Å². The molecular weight excluding hydrogens is 420 g/mol. The van der Waals surface area contributed by atoms with Gasteiger partial charge in [-0.3, -0.25) is 4.68 Å². The van der Waals surface area contributed by atoms with Crippen molar-refractivity contribution in [2.75, 3.05) is 25.5 Å². The van der Waals surface area contributed by atoms with E-state index in [-0.39, 0.29) is 5.92 Å². The number of fused-ring (bicyclic) bond motifs is 1. The molecule has 5 heterocycles. The van der Waals surface area contributed by atoms with Crippen LogP contribution in [0.2, 0.25) is 0 Å². The summed E-state index contributed by atoms with van der Waals surface area (Å²) in [6.45, 7) is 4.31. The number of anilines is 2. The Morgan fingerprint density at radius 3 is 2.78 bits per heavy atom. The van der Waals surface area contributed by atoms with Crippen molar-refractivity contribution in [3.05, 3.63) is 52.2 Å². The summed E-state index contributed by atoms with van der Waals surface area (Å²) in [5.74, 6) is 0.605. The van der Waals surface area contributed by atoms with Crippen LogP contribution in [-0.2, 0) is 7.05 Å². The van der Waals surface area contributed by atoms with E-state index in [1.807, 2.05) is 34.8 Å². The summed E-state index contributed by atoms with van der Waals surface area (Å²) in [5, 5.41) is 20.6. The van der Waals surface area contributed by atoms with Gasteiger partial charge in [0.1, 0.15) is 11.7 Å². The number of nitriles is 1. The van der Waals surface area contributed by atoms with Crippen LogP contribution in [0.5, 0.6) is 0 Å². The Morgan fingerprint density at radius 1 is 1.25 bits per heavy atom. The van der Waals surface area contributed by atoms with Gasteiger partial charge < -0.3 is 14.8 Å². The number of thiophene rings is 1. The van der Waals surface area contributed by atoms with Gasteiger partial charge in [-0.1, -0.05) is 13.0 Å². The van der Waals surface area contributed by atoms with Gasteiger partial charge in [0.05, 0.1) is 28.9 Å². The summed E-state index contributed by atoms with van der Waals surface area (Å²) in [7, 11) is 4.13. The molecule has 5 rings (SSSR count). The first-order valence-corrected chi connectivity index (χ1v) is 11.7. The molecule has 8 nitrogen and oxygen atoms in total. The second-order valence-corrected chi connectivity index (χ2v) is 9.45. The van der Waals surface area contributed by atoms with Gasteiger partial charge in [-0.15, -0.1) is 11.3 Å². The van der Waals surface area contributed by atoms with Crippen LogP contribution in [0.25, 0.3) is 11.0 Å². The van der Waals surface area contributed by atoms with E-state index in [2.05, 4.69) is 51.8 Å². The van der Waals surface area contributed by atoms with E-state index in [4.69, 9.17) is 4.98 Å². The summed E-state index contributed by atoms with van der Waals surface area (Å²) in [6, 6.07) is 6.96. The minimum Gasteiger partial charge on any atom is -0.331 e. The lowest BCUT2D eigenvalue weighted by Gasteiger charge is -2.28. The number of hydrogen-bond acceptors (Lipinski definition) is 7. The molecular formula is C23H26N8S. The third-order valence-corrected chi connectivity index (χ3v) is 7.44. The van der Waals surface area contributed by atoms with Crippen molar-refractivity contribution < 1.29 is 0 Å². The van der Waals surface area contributed by atoms with Crippen LogP contribution in [0.15, 0.2) is 36.1 Å². The third-order valence-electron chi connectivity index (χ3n) is 6.38. The van der Waals surface area contributed by atoms with Crippen molar-refractivity contribution in [2.24, 2.45) is 7.05 Å². The Bertz CT molecular complexity index is 1270. The Morgan fingerprint density at radius 2 is 2.06 bits per heavy atom. The van der Waals surface area contributed by atoms with E-state index in [9.17, 15) is 5.26 Å². The highest BCUT2D eigenvalue weighted by atomic mass is 32.1. The highest BCUT2D eigenvalue weighted by Crippen LogP contribution is 2.35. The molecule has 164 valence electrons. The Kier molecular flexibility index (Phi) is 5.41. The molecule has 1 N–H and O–H groups in total.